The lowest BCUT2D eigenvalue weighted by molar-refractivity contribution is 0.0691. The lowest BCUT2D eigenvalue weighted by Gasteiger charge is -2.03. The monoisotopic (exact) mass is 272 g/mol. The Balaban J connectivity index is 3.58. The van der Waals surface area contributed by atoms with Crippen molar-refractivity contribution in [3.05, 3.63) is 28.5 Å². The molecule has 0 heterocycles. The van der Waals surface area contributed by atoms with Crippen LogP contribution in [0.2, 0.25) is 5.02 Å². The quantitative estimate of drug-likeness (QED) is 0.837. The van der Waals surface area contributed by atoms with Crippen LogP contribution in [-0.2, 0) is 9.05 Å². The Labute approximate surface area is 93.7 Å². The minimum atomic E-state index is -4.20. The maximum atomic E-state index is 13.0. The lowest BCUT2D eigenvalue weighted by Crippen LogP contribution is -2.03. The van der Waals surface area contributed by atoms with Crippen molar-refractivity contribution in [2.45, 2.75) is 4.90 Å². The third kappa shape index (κ3) is 2.58. The minimum Gasteiger partial charge on any atom is -0.478 e. The molecule has 0 aliphatic rings. The molecule has 0 aliphatic heterocycles. The Morgan fingerprint density at radius 2 is 1.93 bits per heavy atom. The Kier molecular flexibility index (Phi) is 3.22. The first kappa shape index (κ1) is 12.2. The maximum Gasteiger partial charge on any atom is 0.338 e. The second-order valence-electron chi connectivity index (χ2n) is 2.51. The summed E-state index contributed by atoms with van der Waals surface area (Å²) in [5, 5.41) is 8.06. The van der Waals surface area contributed by atoms with Crippen molar-refractivity contribution in [2.24, 2.45) is 0 Å². The molecule has 0 saturated heterocycles. The highest BCUT2D eigenvalue weighted by atomic mass is 35.7. The molecule has 0 spiro atoms. The molecular weight excluding hydrogens is 270 g/mol. The SMILES string of the molecule is O=C(O)c1cc(S(=O)(=O)Cl)c(Cl)cc1F. The first-order valence-corrected chi connectivity index (χ1v) is 6.09. The molecule has 0 aromatic heterocycles. The highest BCUT2D eigenvalue weighted by Crippen LogP contribution is 2.27. The van der Waals surface area contributed by atoms with E-state index in [1.54, 1.807) is 0 Å². The fourth-order valence-corrected chi connectivity index (χ4v) is 2.39. The van der Waals surface area contributed by atoms with Crippen molar-refractivity contribution >= 4 is 37.3 Å². The Morgan fingerprint density at radius 3 is 2.33 bits per heavy atom. The smallest absolute Gasteiger partial charge is 0.338 e. The number of rotatable bonds is 2. The molecule has 15 heavy (non-hydrogen) atoms. The molecule has 1 aromatic carbocycles. The van der Waals surface area contributed by atoms with Gasteiger partial charge in [-0.3, -0.25) is 0 Å². The Morgan fingerprint density at radius 1 is 1.40 bits per heavy atom. The van der Waals surface area contributed by atoms with Gasteiger partial charge < -0.3 is 5.11 Å². The van der Waals surface area contributed by atoms with Crippen LogP contribution in [0, 0.1) is 5.82 Å². The zero-order valence-corrected chi connectivity index (χ0v) is 9.20. The normalized spacial score (nSPS) is 11.4. The summed E-state index contributed by atoms with van der Waals surface area (Å²) in [6.45, 7) is 0. The molecule has 0 amide bonds. The predicted octanol–water partition coefficient (Wildman–Crippen LogP) is 2.10. The van der Waals surface area contributed by atoms with Crippen LogP contribution in [0.15, 0.2) is 17.0 Å². The molecule has 0 bridgehead atoms. The number of benzene rings is 1. The molecule has 1 N–H and O–H groups in total. The molecule has 0 unspecified atom stereocenters. The van der Waals surface area contributed by atoms with Crippen LogP contribution in [0.25, 0.3) is 0 Å². The predicted molar refractivity (Wildman–Crippen MR) is 51.4 cm³/mol. The number of halogens is 3. The van der Waals surface area contributed by atoms with Gasteiger partial charge in [-0.1, -0.05) is 11.6 Å². The molecule has 0 radical (unpaired) electrons. The molecule has 1 rings (SSSR count). The van der Waals surface area contributed by atoms with E-state index >= 15 is 0 Å². The van der Waals surface area contributed by atoms with Crippen molar-refractivity contribution in [1.29, 1.82) is 0 Å². The molecule has 4 nitrogen and oxygen atoms in total. The van der Waals surface area contributed by atoms with Gasteiger partial charge in [0.15, 0.2) is 0 Å². The van der Waals surface area contributed by atoms with E-state index in [1.165, 1.54) is 0 Å². The second-order valence-corrected chi connectivity index (χ2v) is 5.45. The number of carboxylic acid groups (broad SMARTS) is 1. The van der Waals surface area contributed by atoms with Crippen LogP contribution in [0.5, 0.6) is 0 Å². The molecule has 8 heteroatoms. The Bertz CT molecular complexity index is 526. The van der Waals surface area contributed by atoms with E-state index in [2.05, 4.69) is 0 Å². The van der Waals surface area contributed by atoms with Gasteiger partial charge in [0.2, 0.25) is 0 Å². The lowest BCUT2D eigenvalue weighted by atomic mass is 10.2. The van der Waals surface area contributed by atoms with Gasteiger partial charge in [-0.2, -0.15) is 0 Å². The number of hydrogen-bond donors (Lipinski definition) is 1. The van der Waals surface area contributed by atoms with Gasteiger partial charge >= 0.3 is 5.97 Å². The number of aromatic carboxylic acids is 1. The second kappa shape index (κ2) is 3.96. The fraction of sp³-hybridized carbons (Fsp3) is 0. The average Bonchev–Trinajstić information content (AvgIpc) is 2.00. The number of carbonyl (C=O) groups is 1. The molecular formula is C7H3Cl2FO4S. The largest absolute Gasteiger partial charge is 0.478 e. The van der Waals surface area contributed by atoms with Crippen LogP contribution >= 0.6 is 22.3 Å². The molecule has 82 valence electrons. The van der Waals surface area contributed by atoms with Gasteiger partial charge in [-0.25, -0.2) is 17.6 Å². The van der Waals surface area contributed by atoms with Gasteiger partial charge in [0.05, 0.1) is 10.6 Å². The van der Waals surface area contributed by atoms with Crippen LogP contribution in [-0.4, -0.2) is 19.5 Å². The molecule has 0 atom stereocenters. The summed E-state index contributed by atoms with van der Waals surface area (Å²) < 4.78 is 34.8. The van der Waals surface area contributed by atoms with E-state index < -0.39 is 36.3 Å². The molecule has 1 aromatic rings. The fourth-order valence-electron chi connectivity index (χ4n) is 0.880. The van der Waals surface area contributed by atoms with E-state index in [9.17, 15) is 17.6 Å². The maximum absolute atomic E-state index is 13.0. The summed E-state index contributed by atoms with van der Waals surface area (Å²) in [6.07, 6.45) is 0. The summed E-state index contributed by atoms with van der Waals surface area (Å²) in [6, 6.07) is 1.16. The highest BCUT2D eigenvalue weighted by molar-refractivity contribution is 8.13. The number of carboxylic acids is 1. The van der Waals surface area contributed by atoms with Gasteiger partial charge in [-0.05, 0) is 12.1 Å². The first-order valence-electron chi connectivity index (χ1n) is 3.40. The van der Waals surface area contributed by atoms with Gasteiger partial charge in [0.25, 0.3) is 9.05 Å². The zero-order chi connectivity index (χ0) is 11.8. The van der Waals surface area contributed by atoms with Crippen molar-refractivity contribution < 1.29 is 22.7 Å². The summed E-state index contributed by atoms with van der Waals surface area (Å²) >= 11 is 5.39. The van der Waals surface area contributed by atoms with Crippen LogP contribution in [0.3, 0.4) is 0 Å². The highest BCUT2D eigenvalue weighted by Gasteiger charge is 2.21. The number of hydrogen-bond acceptors (Lipinski definition) is 3. The third-order valence-electron chi connectivity index (χ3n) is 1.51. The van der Waals surface area contributed by atoms with E-state index in [1.807, 2.05) is 0 Å². The first-order chi connectivity index (χ1) is 6.73. The minimum absolute atomic E-state index is 0.465. The van der Waals surface area contributed by atoms with Crippen LogP contribution in [0.1, 0.15) is 10.4 Å². The van der Waals surface area contributed by atoms with Crippen molar-refractivity contribution in [1.82, 2.24) is 0 Å². The van der Waals surface area contributed by atoms with E-state index in [0.29, 0.717) is 12.1 Å². The van der Waals surface area contributed by atoms with Crippen molar-refractivity contribution in [3.63, 3.8) is 0 Å². The summed E-state index contributed by atoms with van der Waals surface area (Å²) in [5.74, 6) is -2.73. The Hall–Kier alpha value is -0.850. The van der Waals surface area contributed by atoms with E-state index in [4.69, 9.17) is 27.4 Å². The summed E-state index contributed by atoms with van der Waals surface area (Å²) in [5.41, 5.74) is -0.807. The standard InChI is InChI=1S/C7H3Cl2FO4S/c8-4-2-5(10)3(7(11)12)1-6(4)15(9,13)14/h1-2H,(H,11,12). The molecule has 0 saturated carbocycles. The van der Waals surface area contributed by atoms with Crippen molar-refractivity contribution in [3.8, 4) is 0 Å². The van der Waals surface area contributed by atoms with Gasteiger partial charge in [0.1, 0.15) is 10.7 Å². The topological polar surface area (TPSA) is 71.4 Å². The molecule has 0 fully saturated rings. The summed E-state index contributed by atoms with van der Waals surface area (Å²) in [4.78, 5) is 9.86. The van der Waals surface area contributed by atoms with Gasteiger partial charge in [0, 0.05) is 10.7 Å². The zero-order valence-electron chi connectivity index (χ0n) is 6.87. The summed E-state index contributed by atoms with van der Waals surface area (Å²) in [7, 11) is 0.769. The van der Waals surface area contributed by atoms with Gasteiger partial charge in [-0.15, -0.1) is 0 Å². The van der Waals surface area contributed by atoms with Crippen molar-refractivity contribution in [2.75, 3.05) is 0 Å². The van der Waals surface area contributed by atoms with Crippen LogP contribution < -0.4 is 0 Å². The van der Waals surface area contributed by atoms with E-state index in [-0.39, 0.29) is 0 Å². The van der Waals surface area contributed by atoms with Crippen LogP contribution in [0.4, 0.5) is 4.39 Å². The van der Waals surface area contributed by atoms with E-state index in [0.717, 1.165) is 0 Å². The third-order valence-corrected chi connectivity index (χ3v) is 3.30. The molecule has 0 aliphatic carbocycles. The average molecular weight is 273 g/mol.